The number of nitrogen functional groups attached to an aromatic ring is 1. The lowest BCUT2D eigenvalue weighted by Gasteiger charge is -2.29. The SMILES string of the molecule is CN1CCOc2cc(-c3cnn4c(N)c(Br)c(N5CCS(=O)(=O)CC5)nc34)cnc21. The summed E-state index contributed by atoms with van der Waals surface area (Å²) in [6, 6.07) is 1.93. The summed E-state index contributed by atoms with van der Waals surface area (Å²) in [5, 5.41) is 4.40. The maximum absolute atomic E-state index is 11.8. The van der Waals surface area contributed by atoms with Crippen LogP contribution in [-0.4, -0.2) is 72.8 Å². The van der Waals surface area contributed by atoms with Crippen LogP contribution in [0.1, 0.15) is 0 Å². The Labute approximate surface area is 181 Å². The molecule has 30 heavy (non-hydrogen) atoms. The number of halogens is 1. The van der Waals surface area contributed by atoms with Crippen molar-refractivity contribution in [3.8, 4) is 16.9 Å². The molecule has 2 N–H and O–H groups in total. The first-order chi connectivity index (χ1) is 14.3. The van der Waals surface area contributed by atoms with Crippen LogP contribution in [-0.2, 0) is 9.84 Å². The van der Waals surface area contributed by atoms with E-state index in [4.69, 9.17) is 15.5 Å². The van der Waals surface area contributed by atoms with Gasteiger partial charge >= 0.3 is 0 Å². The Bertz CT molecular complexity index is 1250. The normalized spacial score (nSPS) is 18.3. The van der Waals surface area contributed by atoms with Gasteiger partial charge in [-0.15, -0.1) is 0 Å². The van der Waals surface area contributed by atoms with Crippen molar-refractivity contribution in [3.63, 3.8) is 0 Å². The minimum atomic E-state index is -3.00. The van der Waals surface area contributed by atoms with Gasteiger partial charge in [0.25, 0.3) is 0 Å². The molecular formula is C18H20BrN7O3S. The van der Waals surface area contributed by atoms with Crippen LogP contribution in [0.5, 0.6) is 5.75 Å². The molecule has 0 radical (unpaired) electrons. The van der Waals surface area contributed by atoms with E-state index >= 15 is 0 Å². The van der Waals surface area contributed by atoms with Gasteiger partial charge in [0.1, 0.15) is 22.7 Å². The molecule has 2 aliphatic heterocycles. The molecule has 0 unspecified atom stereocenters. The number of sulfone groups is 1. The van der Waals surface area contributed by atoms with E-state index in [-0.39, 0.29) is 11.5 Å². The molecular weight excluding hydrogens is 474 g/mol. The summed E-state index contributed by atoms with van der Waals surface area (Å²) < 4.78 is 31.6. The molecule has 158 valence electrons. The number of nitrogens with two attached hydrogens (primary N) is 1. The highest BCUT2D eigenvalue weighted by atomic mass is 79.9. The van der Waals surface area contributed by atoms with E-state index in [0.29, 0.717) is 47.2 Å². The fraction of sp³-hybridized carbons (Fsp3) is 0.389. The zero-order valence-electron chi connectivity index (χ0n) is 16.2. The molecule has 0 aromatic carbocycles. The lowest BCUT2D eigenvalue weighted by atomic mass is 10.1. The van der Waals surface area contributed by atoms with Crippen LogP contribution in [0.2, 0.25) is 0 Å². The van der Waals surface area contributed by atoms with Crippen LogP contribution in [0.3, 0.4) is 0 Å². The van der Waals surface area contributed by atoms with E-state index in [1.54, 1.807) is 16.9 Å². The predicted octanol–water partition coefficient (Wildman–Crippen LogP) is 1.20. The van der Waals surface area contributed by atoms with Crippen molar-refractivity contribution in [1.29, 1.82) is 0 Å². The minimum Gasteiger partial charge on any atom is -0.488 e. The molecule has 2 aliphatic rings. The van der Waals surface area contributed by atoms with Crippen molar-refractivity contribution in [2.24, 2.45) is 0 Å². The third kappa shape index (κ3) is 3.14. The van der Waals surface area contributed by atoms with E-state index < -0.39 is 9.84 Å². The summed E-state index contributed by atoms with van der Waals surface area (Å²) in [4.78, 5) is 13.3. The van der Waals surface area contributed by atoms with Crippen LogP contribution in [0, 0.1) is 0 Å². The Morgan fingerprint density at radius 1 is 1.17 bits per heavy atom. The lowest BCUT2D eigenvalue weighted by Crippen LogP contribution is -2.41. The van der Waals surface area contributed by atoms with Crippen molar-refractivity contribution >= 4 is 48.9 Å². The molecule has 0 spiro atoms. The third-order valence-corrected chi connectivity index (χ3v) is 7.81. The van der Waals surface area contributed by atoms with Crippen molar-refractivity contribution in [2.45, 2.75) is 0 Å². The Morgan fingerprint density at radius 3 is 2.70 bits per heavy atom. The van der Waals surface area contributed by atoms with E-state index in [0.717, 1.165) is 23.5 Å². The highest BCUT2D eigenvalue weighted by molar-refractivity contribution is 9.10. The number of hydrogen-bond acceptors (Lipinski definition) is 9. The minimum absolute atomic E-state index is 0.0952. The topological polar surface area (TPSA) is 119 Å². The first-order valence-corrected chi connectivity index (χ1v) is 12.1. The fourth-order valence-corrected chi connectivity index (χ4v) is 5.40. The molecule has 0 amide bonds. The fourth-order valence-electron chi connectivity index (χ4n) is 3.70. The molecule has 5 heterocycles. The van der Waals surface area contributed by atoms with Crippen LogP contribution >= 0.6 is 15.9 Å². The van der Waals surface area contributed by atoms with E-state index in [1.165, 1.54) is 0 Å². The van der Waals surface area contributed by atoms with E-state index in [2.05, 4.69) is 30.9 Å². The number of fused-ring (bicyclic) bond motifs is 2. The molecule has 0 atom stereocenters. The average molecular weight is 494 g/mol. The number of rotatable bonds is 2. The number of aromatic nitrogens is 4. The number of nitrogens with zero attached hydrogens (tertiary/aromatic N) is 6. The second kappa shape index (κ2) is 6.98. The molecule has 0 aliphatic carbocycles. The Hall–Kier alpha value is -2.60. The first kappa shape index (κ1) is 19.4. The predicted molar refractivity (Wildman–Crippen MR) is 118 cm³/mol. The lowest BCUT2D eigenvalue weighted by molar-refractivity contribution is 0.309. The van der Waals surface area contributed by atoms with E-state index in [9.17, 15) is 8.42 Å². The van der Waals surface area contributed by atoms with Gasteiger partial charge in [-0.2, -0.15) is 9.61 Å². The molecule has 10 nitrogen and oxygen atoms in total. The summed E-state index contributed by atoms with van der Waals surface area (Å²) >= 11 is 3.51. The van der Waals surface area contributed by atoms with Gasteiger partial charge < -0.3 is 20.3 Å². The van der Waals surface area contributed by atoms with Gasteiger partial charge in [-0.1, -0.05) is 0 Å². The van der Waals surface area contributed by atoms with E-state index in [1.807, 2.05) is 18.0 Å². The van der Waals surface area contributed by atoms with Crippen LogP contribution in [0.4, 0.5) is 17.5 Å². The van der Waals surface area contributed by atoms with Crippen LogP contribution in [0.25, 0.3) is 16.8 Å². The van der Waals surface area contributed by atoms with Crippen LogP contribution < -0.4 is 20.3 Å². The number of likely N-dealkylation sites (N-methyl/N-ethyl adjacent to an activating group) is 1. The maximum Gasteiger partial charge on any atom is 0.171 e. The summed E-state index contributed by atoms with van der Waals surface area (Å²) in [5.74, 6) is 2.71. The highest BCUT2D eigenvalue weighted by Gasteiger charge is 2.27. The second-order valence-corrected chi connectivity index (χ2v) is 10.5. The van der Waals surface area contributed by atoms with Crippen molar-refractivity contribution in [1.82, 2.24) is 19.6 Å². The smallest absolute Gasteiger partial charge is 0.171 e. The zero-order valence-corrected chi connectivity index (χ0v) is 18.6. The molecule has 0 bridgehead atoms. The quantitative estimate of drug-likeness (QED) is 0.561. The van der Waals surface area contributed by atoms with Gasteiger partial charge in [-0.05, 0) is 22.0 Å². The van der Waals surface area contributed by atoms with Crippen molar-refractivity contribution in [3.05, 3.63) is 22.9 Å². The molecule has 5 rings (SSSR count). The number of pyridine rings is 1. The Kier molecular flexibility index (Phi) is 4.51. The zero-order chi connectivity index (χ0) is 21.0. The number of ether oxygens (including phenoxy) is 1. The molecule has 0 saturated carbocycles. The standard InChI is InChI=1S/C18H20BrN7O3S/c1-24-2-5-29-13-8-11(9-21-17(13)24)12-10-22-26-15(20)14(19)18(23-16(12)26)25-3-6-30(27,28)7-4-25/h8-10H,2-7,20H2,1H3. The average Bonchev–Trinajstić information content (AvgIpc) is 3.15. The van der Waals surface area contributed by atoms with Gasteiger partial charge in [0, 0.05) is 37.5 Å². The molecule has 3 aromatic heterocycles. The largest absolute Gasteiger partial charge is 0.488 e. The number of anilines is 3. The molecule has 1 fully saturated rings. The second-order valence-electron chi connectivity index (χ2n) is 7.38. The third-order valence-electron chi connectivity index (χ3n) is 5.44. The summed E-state index contributed by atoms with van der Waals surface area (Å²) in [7, 11) is -1.02. The van der Waals surface area contributed by atoms with Gasteiger partial charge in [-0.25, -0.2) is 18.4 Å². The van der Waals surface area contributed by atoms with Crippen LogP contribution in [0.15, 0.2) is 22.9 Å². The molecule has 12 heteroatoms. The molecule has 1 saturated heterocycles. The van der Waals surface area contributed by atoms with Gasteiger partial charge in [0.2, 0.25) is 0 Å². The first-order valence-electron chi connectivity index (χ1n) is 9.46. The molecule has 3 aromatic rings. The van der Waals surface area contributed by atoms with Crippen molar-refractivity contribution < 1.29 is 13.2 Å². The summed E-state index contributed by atoms with van der Waals surface area (Å²) in [6.45, 7) is 2.13. The van der Waals surface area contributed by atoms with Crippen molar-refractivity contribution in [2.75, 3.05) is 60.3 Å². The Balaban J connectivity index is 1.60. The maximum atomic E-state index is 11.8. The monoisotopic (exact) mass is 493 g/mol. The van der Waals surface area contributed by atoms with Gasteiger partial charge in [0.15, 0.2) is 27.1 Å². The van der Waals surface area contributed by atoms with Gasteiger partial charge in [0.05, 0.1) is 24.2 Å². The summed E-state index contributed by atoms with van der Waals surface area (Å²) in [5.41, 5.74) is 8.49. The highest BCUT2D eigenvalue weighted by Crippen LogP contribution is 2.37. The van der Waals surface area contributed by atoms with Gasteiger partial charge in [-0.3, -0.25) is 0 Å². The number of hydrogen-bond donors (Lipinski definition) is 1. The summed E-state index contributed by atoms with van der Waals surface area (Å²) in [6.07, 6.45) is 3.47. The Morgan fingerprint density at radius 2 is 1.93 bits per heavy atom.